The van der Waals surface area contributed by atoms with Crippen molar-refractivity contribution >= 4 is 11.5 Å². The number of halogens is 4. The van der Waals surface area contributed by atoms with Crippen LogP contribution in [0.3, 0.4) is 0 Å². The van der Waals surface area contributed by atoms with Crippen LogP contribution in [-0.4, -0.2) is 19.6 Å². The van der Waals surface area contributed by atoms with E-state index in [0.717, 1.165) is 23.4 Å². The molecule has 0 spiro atoms. The van der Waals surface area contributed by atoms with Crippen LogP contribution in [0.5, 0.6) is 0 Å². The van der Waals surface area contributed by atoms with Crippen molar-refractivity contribution in [3.63, 3.8) is 0 Å². The van der Waals surface area contributed by atoms with Gasteiger partial charge in [0.2, 0.25) is 0 Å². The minimum absolute atomic E-state index is 0.0567. The average molecular weight is 387 g/mol. The second-order valence-electron chi connectivity index (χ2n) is 6.03. The highest BCUT2D eigenvalue weighted by Gasteiger charge is 2.34. The fraction of sp³-hybridized carbons (Fsp3) is 0.105. The van der Waals surface area contributed by atoms with Crippen molar-refractivity contribution < 1.29 is 17.6 Å². The Bertz CT molecular complexity index is 1120. The summed E-state index contributed by atoms with van der Waals surface area (Å²) in [5.41, 5.74) is 1.25. The third kappa shape index (κ3) is 3.51. The van der Waals surface area contributed by atoms with Gasteiger partial charge in [-0.25, -0.2) is 13.9 Å². The van der Waals surface area contributed by atoms with Gasteiger partial charge < -0.3 is 5.32 Å². The monoisotopic (exact) mass is 387 g/mol. The van der Waals surface area contributed by atoms with Gasteiger partial charge in [0, 0.05) is 24.5 Å². The van der Waals surface area contributed by atoms with E-state index in [9.17, 15) is 17.6 Å². The van der Waals surface area contributed by atoms with Crippen molar-refractivity contribution in [3.8, 4) is 11.3 Å². The number of pyridine rings is 1. The molecule has 1 N–H and O–H groups in total. The van der Waals surface area contributed by atoms with E-state index in [1.807, 2.05) is 12.1 Å². The first-order valence-electron chi connectivity index (χ1n) is 8.26. The molecule has 1 aromatic carbocycles. The molecule has 0 radical (unpaired) electrons. The van der Waals surface area contributed by atoms with Gasteiger partial charge in [-0.15, -0.1) is 5.10 Å². The molecule has 0 unspecified atom stereocenters. The number of rotatable bonds is 4. The number of nitrogens with one attached hydrogen (secondary N) is 1. The smallest absolute Gasteiger partial charge is 0.365 e. The number of hydrogen-bond donors (Lipinski definition) is 1. The van der Waals surface area contributed by atoms with Crippen LogP contribution in [0.4, 0.5) is 23.4 Å². The zero-order valence-electron chi connectivity index (χ0n) is 14.3. The van der Waals surface area contributed by atoms with Crippen molar-refractivity contribution in [2.45, 2.75) is 12.7 Å². The SMILES string of the molecule is Fc1ccc(CNc2ccc3ncc(-c4ccncc4)n3n2)cc1C(F)(F)F. The van der Waals surface area contributed by atoms with E-state index in [1.54, 1.807) is 35.2 Å². The van der Waals surface area contributed by atoms with E-state index in [1.165, 1.54) is 6.07 Å². The van der Waals surface area contributed by atoms with Crippen LogP contribution >= 0.6 is 0 Å². The minimum Gasteiger partial charge on any atom is -0.365 e. The lowest BCUT2D eigenvalue weighted by molar-refractivity contribution is -0.140. The summed E-state index contributed by atoms with van der Waals surface area (Å²) in [4.78, 5) is 8.27. The fourth-order valence-corrected chi connectivity index (χ4v) is 2.78. The molecule has 0 bridgehead atoms. The zero-order valence-corrected chi connectivity index (χ0v) is 14.3. The summed E-state index contributed by atoms with van der Waals surface area (Å²) in [5.74, 6) is -0.852. The number of imidazole rings is 1. The molecule has 0 amide bonds. The highest BCUT2D eigenvalue weighted by Crippen LogP contribution is 2.32. The molecule has 4 rings (SSSR count). The van der Waals surface area contributed by atoms with Crippen LogP contribution in [0.15, 0.2) is 61.1 Å². The lowest BCUT2D eigenvalue weighted by atomic mass is 10.1. The van der Waals surface area contributed by atoms with E-state index in [-0.39, 0.29) is 12.1 Å². The fourth-order valence-electron chi connectivity index (χ4n) is 2.78. The Morgan fingerprint density at radius 3 is 2.54 bits per heavy atom. The van der Waals surface area contributed by atoms with E-state index in [0.29, 0.717) is 11.5 Å². The molecule has 3 heterocycles. The molecule has 0 atom stereocenters. The Balaban J connectivity index is 1.59. The van der Waals surface area contributed by atoms with Gasteiger partial charge >= 0.3 is 6.18 Å². The van der Waals surface area contributed by atoms with E-state index >= 15 is 0 Å². The van der Waals surface area contributed by atoms with E-state index in [4.69, 9.17) is 0 Å². The van der Waals surface area contributed by atoms with Gasteiger partial charge in [-0.1, -0.05) is 6.07 Å². The molecule has 0 saturated heterocycles. The molecular formula is C19H13F4N5. The number of alkyl halides is 3. The standard InChI is InChI=1S/C19H13F4N5/c20-15-2-1-12(9-14(15)19(21,22)23)10-25-17-3-4-18-26-11-16(28(18)27-17)13-5-7-24-8-6-13/h1-9,11H,10H2,(H,25,27). The summed E-state index contributed by atoms with van der Waals surface area (Å²) in [7, 11) is 0. The summed E-state index contributed by atoms with van der Waals surface area (Å²) in [6.07, 6.45) is 0.248. The predicted octanol–water partition coefficient (Wildman–Crippen LogP) is 4.56. The summed E-state index contributed by atoms with van der Waals surface area (Å²) < 4.78 is 53.6. The number of benzene rings is 1. The topological polar surface area (TPSA) is 55.1 Å². The second-order valence-corrected chi connectivity index (χ2v) is 6.03. The van der Waals surface area contributed by atoms with Gasteiger partial charge in [-0.3, -0.25) is 4.98 Å². The maximum atomic E-state index is 13.4. The molecule has 0 saturated carbocycles. The van der Waals surface area contributed by atoms with Crippen LogP contribution in [0.1, 0.15) is 11.1 Å². The Kier molecular flexibility index (Phi) is 4.42. The lowest BCUT2D eigenvalue weighted by Gasteiger charge is -2.11. The zero-order chi connectivity index (χ0) is 19.7. The number of aromatic nitrogens is 4. The summed E-state index contributed by atoms with van der Waals surface area (Å²) in [5, 5.41) is 7.40. The minimum atomic E-state index is -4.74. The van der Waals surface area contributed by atoms with Crippen LogP contribution in [-0.2, 0) is 12.7 Å². The third-order valence-electron chi connectivity index (χ3n) is 4.15. The predicted molar refractivity (Wildman–Crippen MR) is 94.9 cm³/mol. The van der Waals surface area contributed by atoms with Gasteiger partial charge in [0.1, 0.15) is 11.6 Å². The van der Waals surface area contributed by atoms with Crippen LogP contribution in [0.25, 0.3) is 16.9 Å². The van der Waals surface area contributed by atoms with Crippen molar-refractivity contribution in [2.24, 2.45) is 0 Å². The summed E-state index contributed by atoms with van der Waals surface area (Å²) in [6.45, 7) is 0.0567. The molecule has 4 aromatic rings. The van der Waals surface area contributed by atoms with Gasteiger partial charge in [0.05, 0.1) is 17.5 Å². The molecule has 3 aromatic heterocycles. The van der Waals surface area contributed by atoms with Gasteiger partial charge in [-0.05, 0) is 42.0 Å². The Morgan fingerprint density at radius 2 is 1.79 bits per heavy atom. The Morgan fingerprint density at radius 1 is 1.00 bits per heavy atom. The number of anilines is 1. The summed E-state index contributed by atoms with van der Waals surface area (Å²) in [6, 6.07) is 9.97. The number of fused-ring (bicyclic) bond motifs is 1. The summed E-state index contributed by atoms with van der Waals surface area (Å²) >= 11 is 0. The van der Waals surface area contributed by atoms with Crippen LogP contribution in [0, 0.1) is 5.82 Å². The molecule has 9 heteroatoms. The largest absolute Gasteiger partial charge is 0.419 e. The molecule has 0 aliphatic rings. The third-order valence-corrected chi connectivity index (χ3v) is 4.15. The highest BCUT2D eigenvalue weighted by molar-refractivity contribution is 5.63. The maximum absolute atomic E-state index is 13.4. The van der Waals surface area contributed by atoms with E-state index in [2.05, 4.69) is 20.4 Å². The number of hydrogen-bond acceptors (Lipinski definition) is 4. The lowest BCUT2D eigenvalue weighted by Crippen LogP contribution is -2.10. The Labute approximate surface area is 156 Å². The molecule has 0 aliphatic carbocycles. The maximum Gasteiger partial charge on any atom is 0.419 e. The molecule has 5 nitrogen and oxygen atoms in total. The van der Waals surface area contributed by atoms with Crippen LogP contribution < -0.4 is 5.32 Å². The Hall–Kier alpha value is -3.49. The number of nitrogens with zero attached hydrogens (tertiary/aromatic N) is 4. The quantitative estimate of drug-likeness (QED) is 0.522. The first-order chi connectivity index (χ1) is 13.4. The highest BCUT2D eigenvalue weighted by atomic mass is 19.4. The molecule has 28 heavy (non-hydrogen) atoms. The first kappa shape index (κ1) is 17.9. The van der Waals surface area contributed by atoms with Crippen LogP contribution in [0.2, 0.25) is 0 Å². The molecule has 142 valence electrons. The first-order valence-corrected chi connectivity index (χ1v) is 8.26. The van der Waals surface area contributed by atoms with Crippen molar-refractivity contribution in [1.82, 2.24) is 19.6 Å². The van der Waals surface area contributed by atoms with E-state index < -0.39 is 17.6 Å². The van der Waals surface area contributed by atoms with Crippen molar-refractivity contribution in [1.29, 1.82) is 0 Å². The van der Waals surface area contributed by atoms with Gasteiger partial charge in [0.25, 0.3) is 0 Å². The average Bonchev–Trinajstić information content (AvgIpc) is 3.10. The van der Waals surface area contributed by atoms with Crippen molar-refractivity contribution in [2.75, 3.05) is 5.32 Å². The second kappa shape index (κ2) is 6.91. The molecular weight excluding hydrogens is 374 g/mol. The molecule has 0 fully saturated rings. The molecule has 0 aliphatic heterocycles. The normalized spacial score (nSPS) is 11.7. The van der Waals surface area contributed by atoms with Gasteiger partial charge in [-0.2, -0.15) is 13.2 Å². The van der Waals surface area contributed by atoms with Crippen molar-refractivity contribution in [3.05, 3.63) is 78.0 Å². The van der Waals surface area contributed by atoms with Gasteiger partial charge in [0.15, 0.2) is 5.65 Å².